The minimum atomic E-state index is -0.497. The van der Waals surface area contributed by atoms with Gasteiger partial charge in [0.25, 0.3) is 5.91 Å². The highest BCUT2D eigenvalue weighted by Crippen LogP contribution is 2.27. The van der Waals surface area contributed by atoms with Crippen molar-refractivity contribution in [2.75, 3.05) is 20.8 Å². The fourth-order valence-corrected chi connectivity index (χ4v) is 2.77. The standard InChI is InChI=1S/C22H29NO4/c1-5-16-7-10-18(11-8-16)27-19(6-2)22(24)23-14-13-17-9-12-20(25-3)21(15-17)26-4/h7-12,15,19H,5-6,13-14H2,1-4H3,(H,23,24). The maximum Gasteiger partial charge on any atom is 0.261 e. The molecule has 0 spiro atoms. The first-order valence-corrected chi connectivity index (χ1v) is 9.35. The lowest BCUT2D eigenvalue weighted by atomic mass is 10.1. The molecule has 0 aliphatic rings. The summed E-state index contributed by atoms with van der Waals surface area (Å²) in [6.45, 7) is 4.58. The molecule has 0 saturated carbocycles. The van der Waals surface area contributed by atoms with Gasteiger partial charge in [0.05, 0.1) is 14.2 Å². The van der Waals surface area contributed by atoms with Gasteiger partial charge in [0.15, 0.2) is 17.6 Å². The average Bonchev–Trinajstić information content (AvgIpc) is 2.72. The number of hydrogen-bond acceptors (Lipinski definition) is 4. The fourth-order valence-electron chi connectivity index (χ4n) is 2.77. The molecule has 1 N–H and O–H groups in total. The smallest absolute Gasteiger partial charge is 0.261 e. The Morgan fingerprint density at radius 1 is 0.963 bits per heavy atom. The molecule has 146 valence electrons. The van der Waals surface area contributed by atoms with Gasteiger partial charge < -0.3 is 19.5 Å². The Kier molecular flexibility index (Phi) is 7.99. The van der Waals surface area contributed by atoms with Crippen LogP contribution in [0, 0.1) is 0 Å². The van der Waals surface area contributed by atoms with E-state index in [2.05, 4.69) is 12.2 Å². The number of aryl methyl sites for hydroxylation is 1. The monoisotopic (exact) mass is 371 g/mol. The molecule has 27 heavy (non-hydrogen) atoms. The van der Waals surface area contributed by atoms with Crippen molar-refractivity contribution in [2.24, 2.45) is 0 Å². The van der Waals surface area contributed by atoms with Crippen LogP contribution in [0.5, 0.6) is 17.2 Å². The van der Waals surface area contributed by atoms with Gasteiger partial charge in [-0.15, -0.1) is 0 Å². The van der Waals surface area contributed by atoms with Crippen molar-refractivity contribution >= 4 is 5.91 Å². The second-order valence-corrected chi connectivity index (χ2v) is 6.24. The van der Waals surface area contributed by atoms with Gasteiger partial charge in [-0.25, -0.2) is 0 Å². The zero-order valence-corrected chi connectivity index (χ0v) is 16.6. The second-order valence-electron chi connectivity index (χ2n) is 6.24. The summed E-state index contributed by atoms with van der Waals surface area (Å²) in [5, 5.41) is 2.96. The van der Waals surface area contributed by atoms with Crippen molar-refractivity contribution < 1.29 is 19.0 Å². The molecule has 1 atom stereocenters. The van der Waals surface area contributed by atoms with Gasteiger partial charge in [0, 0.05) is 6.54 Å². The third kappa shape index (κ3) is 5.91. The van der Waals surface area contributed by atoms with Gasteiger partial charge in [0.2, 0.25) is 0 Å². The largest absolute Gasteiger partial charge is 0.493 e. The summed E-state index contributed by atoms with van der Waals surface area (Å²) in [6.07, 6.45) is 1.79. The zero-order valence-electron chi connectivity index (χ0n) is 16.6. The van der Waals surface area contributed by atoms with Crippen LogP contribution >= 0.6 is 0 Å². The van der Waals surface area contributed by atoms with E-state index in [4.69, 9.17) is 14.2 Å². The van der Waals surface area contributed by atoms with Gasteiger partial charge in [0.1, 0.15) is 5.75 Å². The lowest BCUT2D eigenvalue weighted by Crippen LogP contribution is -2.38. The van der Waals surface area contributed by atoms with Crippen molar-refractivity contribution in [1.29, 1.82) is 0 Å². The summed E-state index contributed by atoms with van der Waals surface area (Å²) in [5.74, 6) is 2.00. The molecular weight excluding hydrogens is 342 g/mol. The van der Waals surface area contributed by atoms with Crippen LogP contribution in [0.25, 0.3) is 0 Å². The summed E-state index contributed by atoms with van der Waals surface area (Å²) in [6, 6.07) is 13.6. The molecule has 1 amide bonds. The fraction of sp³-hybridized carbons (Fsp3) is 0.409. The molecule has 5 nitrogen and oxygen atoms in total. The molecule has 2 aromatic rings. The van der Waals surface area contributed by atoms with Crippen molar-refractivity contribution in [3.63, 3.8) is 0 Å². The Balaban J connectivity index is 1.87. The number of nitrogens with one attached hydrogen (secondary N) is 1. The van der Waals surface area contributed by atoms with Crippen LogP contribution in [-0.2, 0) is 17.6 Å². The van der Waals surface area contributed by atoms with Crippen LogP contribution in [0.1, 0.15) is 31.4 Å². The van der Waals surface area contributed by atoms with E-state index in [0.717, 1.165) is 12.0 Å². The van der Waals surface area contributed by atoms with Crippen molar-refractivity contribution in [2.45, 2.75) is 39.2 Å². The summed E-state index contributed by atoms with van der Waals surface area (Å²) in [7, 11) is 3.22. The number of carbonyl (C=O) groups excluding carboxylic acids is 1. The van der Waals surface area contributed by atoms with Crippen molar-refractivity contribution in [3.8, 4) is 17.2 Å². The number of benzene rings is 2. The van der Waals surface area contributed by atoms with Gasteiger partial charge in [-0.1, -0.05) is 32.0 Å². The predicted octanol–water partition coefficient (Wildman–Crippen LogP) is 3.78. The predicted molar refractivity (Wildman–Crippen MR) is 107 cm³/mol. The van der Waals surface area contributed by atoms with Gasteiger partial charge >= 0.3 is 0 Å². The first-order chi connectivity index (χ1) is 13.1. The van der Waals surface area contributed by atoms with Crippen molar-refractivity contribution in [3.05, 3.63) is 53.6 Å². The molecule has 0 aromatic heterocycles. The summed E-state index contributed by atoms with van der Waals surface area (Å²) in [5.41, 5.74) is 2.31. The highest BCUT2D eigenvalue weighted by molar-refractivity contribution is 5.81. The van der Waals surface area contributed by atoms with Gasteiger partial charge in [-0.05, 0) is 54.7 Å². The Morgan fingerprint density at radius 2 is 1.63 bits per heavy atom. The quantitative estimate of drug-likeness (QED) is 0.690. The first-order valence-electron chi connectivity index (χ1n) is 9.35. The van der Waals surface area contributed by atoms with Crippen molar-refractivity contribution in [1.82, 2.24) is 5.32 Å². The summed E-state index contributed by atoms with van der Waals surface area (Å²) >= 11 is 0. The molecule has 0 bridgehead atoms. The molecular formula is C22H29NO4. The van der Waals surface area contributed by atoms with E-state index in [1.165, 1.54) is 5.56 Å². The van der Waals surface area contributed by atoms with E-state index in [-0.39, 0.29) is 5.91 Å². The molecule has 1 unspecified atom stereocenters. The second kappa shape index (κ2) is 10.5. The van der Waals surface area contributed by atoms with E-state index >= 15 is 0 Å². The van der Waals surface area contributed by atoms with Crippen LogP contribution in [0.4, 0.5) is 0 Å². The van der Waals surface area contributed by atoms with E-state index in [1.807, 2.05) is 49.4 Å². The number of methoxy groups -OCH3 is 2. The lowest BCUT2D eigenvalue weighted by molar-refractivity contribution is -0.128. The maximum atomic E-state index is 12.4. The minimum Gasteiger partial charge on any atom is -0.493 e. The highest BCUT2D eigenvalue weighted by Gasteiger charge is 2.18. The van der Waals surface area contributed by atoms with E-state index in [1.54, 1.807) is 14.2 Å². The third-order valence-electron chi connectivity index (χ3n) is 4.43. The van der Waals surface area contributed by atoms with Crippen LogP contribution in [0.15, 0.2) is 42.5 Å². The molecule has 2 aromatic carbocycles. The van der Waals surface area contributed by atoms with E-state index in [9.17, 15) is 4.79 Å². The zero-order chi connectivity index (χ0) is 19.6. The molecule has 0 radical (unpaired) electrons. The Hall–Kier alpha value is -2.69. The Labute approximate surface area is 161 Å². The molecule has 0 saturated heterocycles. The lowest BCUT2D eigenvalue weighted by Gasteiger charge is -2.17. The Morgan fingerprint density at radius 3 is 2.22 bits per heavy atom. The summed E-state index contributed by atoms with van der Waals surface area (Å²) in [4.78, 5) is 12.4. The minimum absolute atomic E-state index is 0.0995. The molecule has 0 aliphatic heterocycles. The van der Waals surface area contributed by atoms with E-state index < -0.39 is 6.10 Å². The molecule has 0 fully saturated rings. The SMILES string of the molecule is CCc1ccc(OC(CC)C(=O)NCCc2ccc(OC)c(OC)c2)cc1. The topological polar surface area (TPSA) is 56.8 Å². The number of rotatable bonds is 10. The molecule has 0 heterocycles. The van der Waals surface area contributed by atoms with Crippen LogP contribution in [0.2, 0.25) is 0 Å². The average molecular weight is 371 g/mol. The molecule has 2 rings (SSSR count). The molecule has 0 aliphatic carbocycles. The number of carbonyl (C=O) groups is 1. The first kappa shape index (κ1) is 20.6. The third-order valence-corrected chi connectivity index (χ3v) is 4.43. The number of amides is 1. The number of hydrogen-bond donors (Lipinski definition) is 1. The molecule has 5 heteroatoms. The highest BCUT2D eigenvalue weighted by atomic mass is 16.5. The van der Waals surface area contributed by atoms with Gasteiger partial charge in [-0.2, -0.15) is 0 Å². The summed E-state index contributed by atoms with van der Waals surface area (Å²) < 4.78 is 16.4. The maximum absolute atomic E-state index is 12.4. The van der Waals surface area contributed by atoms with E-state index in [0.29, 0.717) is 36.6 Å². The van der Waals surface area contributed by atoms with Crippen LogP contribution in [-0.4, -0.2) is 32.8 Å². The van der Waals surface area contributed by atoms with Crippen LogP contribution in [0.3, 0.4) is 0 Å². The normalized spacial score (nSPS) is 11.6. The van der Waals surface area contributed by atoms with Crippen LogP contribution < -0.4 is 19.5 Å². The Bertz CT molecular complexity index is 728. The number of ether oxygens (including phenoxy) is 3. The van der Waals surface area contributed by atoms with Gasteiger partial charge in [-0.3, -0.25) is 4.79 Å².